The summed E-state index contributed by atoms with van der Waals surface area (Å²) < 4.78 is 13.0. The largest absolute Gasteiger partial charge is 0.493 e. The average molecular weight is 361 g/mol. The lowest BCUT2D eigenvalue weighted by Gasteiger charge is -2.09. The molecular weight excluding hydrogens is 342 g/mol. The average Bonchev–Trinajstić information content (AvgIpc) is 3.22. The summed E-state index contributed by atoms with van der Waals surface area (Å²) in [5.74, 6) is 2.29. The lowest BCUT2D eigenvalue weighted by molar-refractivity contribution is 0.311. The van der Waals surface area contributed by atoms with E-state index in [1.807, 2.05) is 42.9 Å². The molecule has 0 saturated carbocycles. The zero-order chi connectivity index (χ0) is 16.9. The molecule has 2 aromatic heterocycles. The van der Waals surface area contributed by atoms with Crippen molar-refractivity contribution in [1.29, 1.82) is 0 Å². The van der Waals surface area contributed by atoms with Gasteiger partial charge in [0.05, 0.1) is 19.4 Å². The molecule has 0 atom stereocenters. The maximum Gasteiger partial charge on any atom is 0.168 e. The molecule has 0 fully saturated rings. The van der Waals surface area contributed by atoms with Gasteiger partial charge in [0, 0.05) is 36.1 Å². The Morgan fingerprint density at radius 3 is 2.88 bits per heavy atom. The summed E-state index contributed by atoms with van der Waals surface area (Å²) in [5.41, 5.74) is 2.09. The van der Waals surface area contributed by atoms with Crippen LogP contribution < -0.4 is 9.47 Å². The third-order valence-corrected chi connectivity index (χ3v) is 5.42. The van der Waals surface area contributed by atoms with Crippen molar-refractivity contribution in [2.24, 2.45) is 7.05 Å². The predicted molar refractivity (Wildman–Crippen MR) is 98.0 cm³/mol. The van der Waals surface area contributed by atoms with Crippen molar-refractivity contribution in [3.8, 4) is 22.1 Å². The number of thioether (sulfide) groups is 1. The fourth-order valence-electron chi connectivity index (χ4n) is 2.21. The van der Waals surface area contributed by atoms with Gasteiger partial charge >= 0.3 is 0 Å². The molecule has 7 heteroatoms. The van der Waals surface area contributed by atoms with Crippen LogP contribution in [0.25, 0.3) is 10.6 Å². The second kappa shape index (κ2) is 7.72. The minimum absolute atomic E-state index is 0.613. The normalized spacial score (nSPS) is 10.8. The molecule has 0 aliphatic rings. The van der Waals surface area contributed by atoms with E-state index in [0.717, 1.165) is 38.7 Å². The Labute approximate surface area is 149 Å². The summed E-state index contributed by atoms with van der Waals surface area (Å²) in [6.45, 7) is 2.57. The molecule has 5 nitrogen and oxygen atoms in total. The van der Waals surface area contributed by atoms with Crippen LogP contribution in [0.3, 0.4) is 0 Å². The van der Waals surface area contributed by atoms with E-state index in [1.165, 1.54) is 0 Å². The van der Waals surface area contributed by atoms with Gasteiger partial charge in [0.1, 0.15) is 5.01 Å². The zero-order valence-corrected chi connectivity index (χ0v) is 15.5. The zero-order valence-electron chi connectivity index (χ0n) is 13.9. The van der Waals surface area contributed by atoms with Crippen molar-refractivity contribution in [2.75, 3.05) is 13.7 Å². The van der Waals surface area contributed by atoms with Crippen LogP contribution in [-0.2, 0) is 12.8 Å². The van der Waals surface area contributed by atoms with Crippen LogP contribution in [0.5, 0.6) is 11.5 Å². The van der Waals surface area contributed by atoms with Gasteiger partial charge in [-0.1, -0.05) is 11.8 Å². The molecule has 0 amide bonds. The second-order valence-electron chi connectivity index (χ2n) is 5.05. The van der Waals surface area contributed by atoms with Crippen molar-refractivity contribution in [3.63, 3.8) is 0 Å². The number of methoxy groups -OCH3 is 1. The molecule has 0 saturated heterocycles. The molecule has 2 heterocycles. The molecule has 1 aromatic carbocycles. The number of hydrogen-bond acceptors (Lipinski definition) is 6. The lowest BCUT2D eigenvalue weighted by Crippen LogP contribution is -1.95. The van der Waals surface area contributed by atoms with Crippen molar-refractivity contribution in [3.05, 3.63) is 41.7 Å². The van der Waals surface area contributed by atoms with E-state index in [4.69, 9.17) is 14.5 Å². The number of benzene rings is 1. The third kappa shape index (κ3) is 3.73. The summed E-state index contributed by atoms with van der Waals surface area (Å²) in [5, 5.41) is 4.06. The van der Waals surface area contributed by atoms with E-state index >= 15 is 0 Å². The number of thiazole rings is 1. The van der Waals surface area contributed by atoms with Crippen LogP contribution in [0.1, 0.15) is 12.6 Å². The Hall–Kier alpha value is -1.99. The van der Waals surface area contributed by atoms with Crippen LogP contribution in [0.15, 0.2) is 41.1 Å². The number of aryl methyl sites for hydroxylation is 1. The summed E-state index contributed by atoms with van der Waals surface area (Å²) in [7, 11) is 3.65. The molecule has 0 spiro atoms. The van der Waals surface area contributed by atoms with Gasteiger partial charge < -0.3 is 14.0 Å². The van der Waals surface area contributed by atoms with Gasteiger partial charge in [-0.15, -0.1) is 11.3 Å². The van der Waals surface area contributed by atoms with Gasteiger partial charge in [-0.05, 0) is 25.1 Å². The quantitative estimate of drug-likeness (QED) is 0.589. The second-order valence-corrected chi connectivity index (χ2v) is 6.85. The molecule has 3 rings (SSSR count). The van der Waals surface area contributed by atoms with Crippen molar-refractivity contribution in [1.82, 2.24) is 14.5 Å². The molecule has 0 unspecified atom stereocenters. The van der Waals surface area contributed by atoms with Crippen molar-refractivity contribution in [2.45, 2.75) is 17.8 Å². The fraction of sp³-hybridized carbons (Fsp3) is 0.294. The van der Waals surface area contributed by atoms with Crippen LogP contribution in [0, 0.1) is 0 Å². The minimum Gasteiger partial charge on any atom is -0.493 e. The Morgan fingerprint density at radius 1 is 1.29 bits per heavy atom. The summed E-state index contributed by atoms with van der Waals surface area (Å²) in [4.78, 5) is 9.04. The Morgan fingerprint density at radius 2 is 2.17 bits per heavy atom. The third-order valence-electron chi connectivity index (χ3n) is 3.39. The first kappa shape index (κ1) is 16.9. The number of nitrogens with zero attached hydrogens (tertiary/aromatic N) is 3. The van der Waals surface area contributed by atoms with E-state index in [9.17, 15) is 0 Å². The van der Waals surface area contributed by atoms with Crippen molar-refractivity contribution < 1.29 is 9.47 Å². The van der Waals surface area contributed by atoms with E-state index in [0.29, 0.717) is 6.61 Å². The Bertz CT molecular complexity index is 814. The van der Waals surface area contributed by atoms with Crippen LogP contribution in [0.4, 0.5) is 0 Å². The topological polar surface area (TPSA) is 49.2 Å². The van der Waals surface area contributed by atoms with E-state index in [2.05, 4.69) is 10.4 Å². The predicted octanol–water partition coefficient (Wildman–Crippen LogP) is 4.24. The highest BCUT2D eigenvalue weighted by Gasteiger charge is 2.11. The number of rotatable bonds is 7. The number of imidazole rings is 1. The molecular formula is C17H19N3O2S2. The summed E-state index contributed by atoms with van der Waals surface area (Å²) >= 11 is 3.32. The lowest BCUT2D eigenvalue weighted by atomic mass is 10.2. The SMILES string of the molecule is CCOc1ccc(-c2nc(CSc3nccn3C)cs2)cc1OC. The highest BCUT2D eigenvalue weighted by atomic mass is 32.2. The first-order chi connectivity index (χ1) is 11.7. The molecule has 24 heavy (non-hydrogen) atoms. The van der Waals surface area contributed by atoms with Gasteiger partial charge in [0.15, 0.2) is 16.7 Å². The smallest absolute Gasteiger partial charge is 0.168 e. The number of hydrogen-bond donors (Lipinski definition) is 0. The summed E-state index contributed by atoms with van der Waals surface area (Å²) in [6.07, 6.45) is 3.75. The highest BCUT2D eigenvalue weighted by molar-refractivity contribution is 7.98. The Kier molecular flexibility index (Phi) is 5.42. The van der Waals surface area contributed by atoms with Gasteiger partial charge in [-0.2, -0.15) is 0 Å². The molecule has 126 valence electrons. The van der Waals surface area contributed by atoms with Crippen molar-refractivity contribution >= 4 is 23.1 Å². The highest BCUT2D eigenvalue weighted by Crippen LogP contribution is 2.34. The Balaban J connectivity index is 1.74. The summed E-state index contributed by atoms with van der Waals surface area (Å²) in [6, 6.07) is 5.92. The molecule has 3 aromatic rings. The number of aromatic nitrogens is 3. The monoisotopic (exact) mass is 361 g/mol. The number of ether oxygens (including phenoxy) is 2. The van der Waals surface area contributed by atoms with E-state index in [1.54, 1.807) is 36.4 Å². The maximum atomic E-state index is 5.56. The molecule has 0 bridgehead atoms. The van der Waals surface area contributed by atoms with Crippen LogP contribution in [-0.4, -0.2) is 28.3 Å². The molecule has 0 radical (unpaired) electrons. The standard InChI is InChI=1S/C17H19N3O2S2/c1-4-22-14-6-5-12(9-15(14)21-3)16-19-13(10-23-16)11-24-17-18-7-8-20(17)2/h5-10H,4,11H2,1-3H3. The van der Waals surface area contributed by atoms with Gasteiger partial charge in [0.25, 0.3) is 0 Å². The van der Waals surface area contributed by atoms with Gasteiger partial charge in [-0.3, -0.25) is 0 Å². The van der Waals surface area contributed by atoms with Crippen LogP contribution in [0.2, 0.25) is 0 Å². The molecule has 0 aliphatic heterocycles. The van der Waals surface area contributed by atoms with E-state index in [-0.39, 0.29) is 0 Å². The first-order valence-corrected chi connectivity index (χ1v) is 9.43. The maximum absolute atomic E-state index is 5.56. The molecule has 0 aliphatic carbocycles. The molecule has 0 N–H and O–H groups in total. The first-order valence-electron chi connectivity index (χ1n) is 7.57. The van der Waals surface area contributed by atoms with Crippen LogP contribution >= 0.6 is 23.1 Å². The minimum atomic E-state index is 0.613. The van der Waals surface area contributed by atoms with E-state index < -0.39 is 0 Å². The fourth-order valence-corrected chi connectivity index (χ4v) is 3.96. The van der Waals surface area contributed by atoms with Gasteiger partial charge in [0.2, 0.25) is 0 Å². The van der Waals surface area contributed by atoms with Gasteiger partial charge in [-0.25, -0.2) is 9.97 Å².